The maximum Gasteiger partial charge on any atom is 0.410 e. The molecule has 22 heavy (non-hydrogen) atoms. The van der Waals surface area contributed by atoms with E-state index in [1.165, 1.54) is 0 Å². The number of nitrogens with one attached hydrogen (secondary N) is 1. The first-order chi connectivity index (χ1) is 10.2. The van der Waals surface area contributed by atoms with Gasteiger partial charge in [0.1, 0.15) is 5.60 Å². The van der Waals surface area contributed by atoms with Gasteiger partial charge >= 0.3 is 6.09 Å². The fraction of sp³-hybridized carbons (Fsp3) is 0.588. The number of carbonyl (C=O) groups excluding carboxylic acids is 1. The first-order valence-electron chi connectivity index (χ1n) is 7.68. The fourth-order valence-corrected chi connectivity index (χ4v) is 3.13. The first kappa shape index (κ1) is 17.1. The van der Waals surface area contributed by atoms with Crippen LogP contribution in [-0.2, 0) is 10.3 Å². The van der Waals surface area contributed by atoms with Gasteiger partial charge in [0.2, 0.25) is 0 Å². The summed E-state index contributed by atoms with van der Waals surface area (Å²) in [7, 11) is 1.82. The SMILES string of the molecule is CN(C(=O)OC(C)(C)C)C1(c2cccc(Cl)c2)CCNCC1. The summed E-state index contributed by atoms with van der Waals surface area (Å²) in [4.78, 5) is 14.3. The Morgan fingerprint density at radius 1 is 1.32 bits per heavy atom. The van der Waals surface area contributed by atoms with Crippen molar-refractivity contribution in [1.82, 2.24) is 10.2 Å². The summed E-state index contributed by atoms with van der Waals surface area (Å²) in [5.41, 5.74) is 0.182. The van der Waals surface area contributed by atoms with Crippen LogP contribution in [0.5, 0.6) is 0 Å². The quantitative estimate of drug-likeness (QED) is 0.900. The lowest BCUT2D eigenvalue weighted by molar-refractivity contribution is -0.00368. The molecule has 5 heteroatoms. The maximum absolute atomic E-state index is 12.6. The molecule has 1 N–H and O–H groups in total. The predicted octanol–water partition coefficient (Wildman–Crippen LogP) is 3.79. The van der Waals surface area contributed by atoms with Crippen LogP contribution in [0.3, 0.4) is 0 Å². The molecule has 0 unspecified atom stereocenters. The highest BCUT2D eigenvalue weighted by atomic mass is 35.5. The standard InChI is InChI=1S/C17H25ClN2O2/c1-16(2,3)22-15(21)20(4)17(8-10-19-11-9-17)13-6-5-7-14(18)12-13/h5-7,12,19H,8-11H2,1-4H3. The van der Waals surface area contributed by atoms with Gasteiger partial charge in [-0.3, -0.25) is 0 Å². The molecule has 0 saturated carbocycles. The zero-order valence-corrected chi connectivity index (χ0v) is 14.5. The van der Waals surface area contributed by atoms with Crippen molar-refractivity contribution in [3.63, 3.8) is 0 Å². The van der Waals surface area contributed by atoms with E-state index in [9.17, 15) is 4.79 Å². The lowest BCUT2D eigenvalue weighted by Gasteiger charge is -2.45. The third kappa shape index (κ3) is 3.73. The predicted molar refractivity (Wildman–Crippen MR) is 89.2 cm³/mol. The number of amides is 1. The van der Waals surface area contributed by atoms with E-state index in [1.807, 2.05) is 52.1 Å². The van der Waals surface area contributed by atoms with Crippen LogP contribution >= 0.6 is 11.6 Å². The highest BCUT2D eigenvalue weighted by molar-refractivity contribution is 6.30. The molecule has 2 rings (SSSR count). The molecular weight excluding hydrogens is 300 g/mol. The minimum atomic E-state index is -0.506. The molecule has 1 fully saturated rings. The second-order valence-electron chi connectivity index (χ2n) is 6.83. The van der Waals surface area contributed by atoms with Crippen molar-refractivity contribution in [3.05, 3.63) is 34.9 Å². The van der Waals surface area contributed by atoms with Crippen molar-refractivity contribution in [2.75, 3.05) is 20.1 Å². The molecule has 1 amide bonds. The van der Waals surface area contributed by atoms with Gasteiger partial charge in [-0.1, -0.05) is 23.7 Å². The highest BCUT2D eigenvalue weighted by Gasteiger charge is 2.41. The Kier molecular flexibility index (Phi) is 5.03. The molecule has 0 atom stereocenters. The second kappa shape index (κ2) is 6.47. The van der Waals surface area contributed by atoms with E-state index in [0.29, 0.717) is 5.02 Å². The number of piperidine rings is 1. The second-order valence-corrected chi connectivity index (χ2v) is 7.27. The number of benzene rings is 1. The van der Waals surface area contributed by atoms with E-state index in [4.69, 9.17) is 16.3 Å². The molecule has 0 aliphatic carbocycles. The summed E-state index contributed by atoms with van der Waals surface area (Å²) in [6, 6.07) is 7.78. The monoisotopic (exact) mass is 324 g/mol. The summed E-state index contributed by atoms with van der Waals surface area (Å²) in [6.07, 6.45) is 1.38. The Morgan fingerprint density at radius 3 is 2.50 bits per heavy atom. The van der Waals surface area contributed by atoms with Crippen LogP contribution in [0.15, 0.2) is 24.3 Å². The number of hydrogen-bond acceptors (Lipinski definition) is 3. The van der Waals surface area contributed by atoms with E-state index in [2.05, 4.69) is 5.32 Å². The molecule has 1 aliphatic rings. The van der Waals surface area contributed by atoms with Gasteiger partial charge in [-0.25, -0.2) is 4.79 Å². The van der Waals surface area contributed by atoms with Crippen molar-refractivity contribution >= 4 is 17.7 Å². The molecule has 122 valence electrons. The van der Waals surface area contributed by atoms with Gasteiger partial charge in [0.05, 0.1) is 5.54 Å². The number of nitrogens with zero attached hydrogens (tertiary/aromatic N) is 1. The lowest BCUT2D eigenvalue weighted by atomic mass is 9.80. The highest BCUT2D eigenvalue weighted by Crippen LogP contribution is 2.38. The Bertz CT molecular complexity index is 534. The molecule has 0 spiro atoms. The average Bonchev–Trinajstić information content (AvgIpc) is 2.45. The average molecular weight is 325 g/mol. The van der Waals surface area contributed by atoms with Crippen LogP contribution in [0.2, 0.25) is 5.02 Å². The smallest absolute Gasteiger partial charge is 0.410 e. The van der Waals surface area contributed by atoms with Crippen LogP contribution in [0, 0.1) is 0 Å². The molecule has 1 aromatic carbocycles. The molecule has 1 saturated heterocycles. The van der Waals surface area contributed by atoms with Gasteiger partial charge < -0.3 is 15.0 Å². The number of halogens is 1. The third-order valence-corrected chi connectivity index (χ3v) is 4.34. The van der Waals surface area contributed by atoms with Gasteiger partial charge in [0.25, 0.3) is 0 Å². The van der Waals surface area contributed by atoms with Crippen molar-refractivity contribution < 1.29 is 9.53 Å². The van der Waals surface area contributed by atoms with Crippen LogP contribution in [-0.4, -0.2) is 36.7 Å². The number of hydrogen-bond donors (Lipinski definition) is 1. The van der Waals surface area contributed by atoms with Crippen LogP contribution in [0.4, 0.5) is 4.79 Å². The zero-order chi connectivity index (χ0) is 16.4. The molecule has 1 aromatic rings. The topological polar surface area (TPSA) is 41.6 Å². The number of rotatable bonds is 2. The first-order valence-corrected chi connectivity index (χ1v) is 8.06. The van der Waals surface area contributed by atoms with Crippen LogP contribution < -0.4 is 5.32 Å². The molecule has 1 heterocycles. The summed E-state index contributed by atoms with van der Waals surface area (Å²) in [6.45, 7) is 7.37. The van der Waals surface area contributed by atoms with Crippen molar-refractivity contribution in [2.24, 2.45) is 0 Å². The molecule has 4 nitrogen and oxygen atoms in total. The summed E-state index contributed by atoms with van der Waals surface area (Å²) in [5, 5.41) is 4.04. The number of carbonyl (C=O) groups is 1. The Labute approximate surface area is 137 Å². The van der Waals surface area contributed by atoms with Crippen molar-refractivity contribution in [3.8, 4) is 0 Å². The van der Waals surface area contributed by atoms with Crippen molar-refractivity contribution in [1.29, 1.82) is 0 Å². The molecule has 0 bridgehead atoms. The van der Waals surface area contributed by atoms with Gasteiger partial charge in [-0.2, -0.15) is 0 Å². The minimum Gasteiger partial charge on any atom is -0.444 e. The Hall–Kier alpha value is -1.26. The Balaban J connectivity index is 2.35. The van der Waals surface area contributed by atoms with E-state index >= 15 is 0 Å². The van der Waals surface area contributed by atoms with Gasteiger partial charge in [-0.05, 0) is 64.4 Å². The lowest BCUT2D eigenvalue weighted by Crippen LogP contribution is -2.53. The van der Waals surface area contributed by atoms with Gasteiger partial charge in [0, 0.05) is 12.1 Å². The van der Waals surface area contributed by atoms with Crippen LogP contribution in [0.1, 0.15) is 39.2 Å². The van der Waals surface area contributed by atoms with Crippen molar-refractivity contribution in [2.45, 2.75) is 44.8 Å². The van der Waals surface area contributed by atoms with E-state index in [0.717, 1.165) is 31.5 Å². The fourth-order valence-electron chi connectivity index (χ4n) is 2.94. The summed E-state index contributed by atoms with van der Waals surface area (Å²) < 4.78 is 5.56. The van der Waals surface area contributed by atoms with Gasteiger partial charge in [0.15, 0.2) is 0 Å². The summed E-state index contributed by atoms with van der Waals surface area (Å²) in [5.74, 6) is 0. The van der Waals surface area contributed by atoms with Gasteiger partial charge in [-0.15, -0.1) is 0 Å². The normalized spacial score (nSPS) is 17.9. The third-order valence-electron chi connectivity index (χ3n) is 4.10. The molecule has 1 aliphatic heterocycles. The largest absolute Gasteiger partial charge is 0.444 e. The zero-order valence-electron chi connectivity index (χ0n) is 13.8. The van der Waals surface area contributed by atoms with Crippen LogP contribution in [0.25, 0.3) is 0 Å². The maximum atomic E-state index is 12.6. The van der Waals surface area contributed by atoms with E-state index < -0.39 is 5.60 Å². The molecule has 0 aromatic heterocycles. The molecule has 0 radical (unpaired) electrons. The Morgan fingerprint density at radius 2 is 1.95 bits per heavy atom. The minimum absolute atomic E-state index is 0.297. The summed E-state index contributed by atoms with van der Waals surface area (Å²) >= 11 is 6.17. The van der Waals surface area contributed by atoms with E-state index in [1.54, 1.807) is 4.90 Å². The van der Waals surface area contributed by atoms with E-state index in [-0.39, 0.29) is 11.6 Å². The number of ether oxygens (including phenoxy) is 1. The molecular formula is C17H25ClN2O2.